The number of carboxylic acid groups (broad SMARTS) is 1. The molecule has 0 aromatic heterocycles. The zero-order valence-corrected chi connectivity index (χ0v) is 13.9. The van der Waals surface area contributed by atoms with Crippen molar-refractivity contribution in [2.24, 2.45) is 17.3 Å². The minimum Gasteiger partial charge on any atom is -0.478 e. The Morgan fingerprint density at radius 3 is 2.29 bits per heavy atom. The molecule has 1 aliphatic heterocycles. The summed E-state index contributed by atoms with van der Waals surface area (Å²) in [4.78, 5) is 12.1. The topological polar surface area (TPSA) is 46.5 Å². The van der Waals surface area contributed by atoms with Gasteiger partial charge in [-0.25, -0.2) is 4.79 Å². The largest absolute Gasteiger partial charge is 0.478 e. The molecule has 21 heavy (non-hydrogen) atoms. The summed E-state index contributed by atoms with van der Waals surface area (Å²) >= 11 is 0. The van der Waals surface area contributed by atoms with E-state index >= 15 is 0 Å². The third kappa shape index (κ3) is 2.05. The van der Waals surface area contributed by atoms with Crippen molar-refractivity contribution in [3.63, 3.8) is 0 Å². The first-order chi connectivity index (χ1) is 9.66. The van der Waals surface area contributed by atoms with Crippen molar-refractivity contribution >= 4 is 5.97 Å². The maximum absolute atomic E-state index is 12.1. The highest BCUT2D eigenvalue weighted by Crippen LogP contribution is 2.54. The zero-order valence-electron chi connectivity index (χ0n) is 13.9. The van der Waals surface area contributed by atoms with Gasteiger partial charge in [0.2, 0.25) is 5.60 Å². The Labute approximate surface area is 127 Å². The SMILES string of the molecule is Cc1cccc2c1OC(C)(C(=O)O)C(C(C)C)(C(C)C)C2. The summed E-state index contributed by atoms with van der Waals surface area (Å²) in [6.45, 7) is 12.1. The first-order valence-electron chi connectivity index (χ1n) is 7.67. The summed E-state index contributed by atoms with van der Waals surface area (Å²) < 4.78 is 6.15. The smallest absolute Gasteiger partial charge is 0.348 e. The number of carboxylic acids is 1. The molecule has 1 atom stereocenters. The van der Waals surface area contributed by atoms with Crippen LogP contribution in [0, 0.1) is 24.2 Å². The lowest BCUT2D eigenvalue weighted by Gasteiger charge is -2.54. The molecule has 0 fully saturated rings. The van der Waals surface area contributed by atoms with Crippen LogP contribution in [0.25, 0.3) is 0 Å². The third-order valence-corrected chi connectivity index (χ3v) is 5.44. The fourth-order valence-electron chi connectivity index (χ4n) is 4.20. The summed E-state index contributed by atoms with van der Waals surface area (Å²) in [5.74, 6) is 0.276. The van der Waals surface area contributed by atoms with Gasteiger partial charge in [-0.15, -0.1) is 0 Å². The molecule has 1 unspecified atom stereocenters. The number of hydrogen-bond acceptors (Lipinski definition) is 2. The molecule has 0 radical (unpaired) electrons. The van der Waals surface area contributed by atoms with E-state index in [0.717, 1.165) is 23.3 Å². The standard InChI is InChI=1S/C18H26O3/c1-11(2)18(12(3)4)10-14-9-7-8-13(5)15(14)21-17(18,6)16(19)20/h7-9,11-12H,10H2,1-6H3,(H,19,20). The number of para-hydroxylation sites is 1. The van der Waals surface area contributed by atoms with E-state index in [1.165, 1.54) is 0 Å². The van der Waals surface area contributed by atoms with Gasteiger partial charge in [0.1, 0.15) is 5.75 Å². The van der Waals surface area contributed by atoms with E-state index in [4.69, 9.17) is 4.74 Å². The fourth-order valence-corrected chi connectivity index (χ4v) is 4.20. The van der Waals surface area contributed by atoms with Crippen LogP contribution in [0.15, 0.2) is 18.2 Å². The Morgan fingerprint density at radius 1 is 1.24 bits per heavy atom. The van der Waals surface area contributed by atoms with Crippen LogP contribution >= 0.6 is 0 Å². The average Bonchev–Trinajstić information content (AvgIpc) is 2.38. The summed E-state index contributed by atoms with van der Waals surface area (Å²) in [5.41, 5.74) is 0.478. The van der Waals surface area contributed by atoms with Crippen molar-refractivity contribution in [3.8, 4) is 5.75 Å². The van der Waals surface area contributed by atoms with Crippen LogP contribution < -0.4 is 4.74 Å². The minimum atomic E-state index is -1.21. The number of carbonyl (C=O) groups is 1. The molecule has 0 bridgehead atoms. The predicted octanol–water partition coefficient (Wildman–Crippen LogP) is 4.07. The molecule has 0 aliphatic carbocycles. The molecule has 3 nitrogen and oxygen atoms in total. The zero-order chi connectivity index (χ0) is 16.0. The molecule has 3 heteroatoms. The molecule has 0 amide bonds. The monoisotopic (exact) mass is 290 g/mol. The molecule has 2 rings (SSSR count). The van der Waals surface area contributed by atoms with Gasteiger partial charge in [0.15, 0.2) is 0 Å². The number of benzene rings is 1. The maximum Gasteiger partial charge on any atom is 0.348 e. The molecule has 116 valence electrons. The van der Waals surface area contributed by atoms with Gasteiger partial charge in [-0.2, -0.15) is 0 Å². The van der Waals surface area contributed by atoms with E-state index in [1.54, 1.807) is 6.92 Å². The van der Waals surface area contributed by atoms with Crippen LogP contribution in [-0.4, -0.2) is 16.7 Å². The molecule has 1 heterocycles. The highest BCUT2D eigenvalue weighted by atomic mass is 16.5. The van der Waals surface area contributed by atoms with Crippen molar-refractivity contribution < 1.29 is 14.6 Å². The van der Waals surface area contributed by atoms with Crippen LogP contribution in [-0.2, 0) is 11.2 Å². The molecular weight excluding hydrogens is 264 g/mol. The summed E-state index contributed by atoms with van der Waals surface area (Å²) in [5, 5.41) is 9.92. The quantitative estimate of drug-likeness (QED) is 0.912. The highest BCUT2D eigenvalue weighted by Gasteiger charge is 2.61. The van der Waals surface area contributed by atoms with Crippen LogP contribution in [0.2, 0.25) is 0 Å². The second kappa shape index (κ2) is 5.04. The Morgan fingerprint density at radius 2 is 1.81 bits per heavy atom. The number of aryl methyl sites for hydroxylation is 1. The number of ether oxygens (including phenoxy) is 1. The Hall–Kier alpha value is -1.51. The normalized spacial score (nSPS) is 23.8. The molecule has 0 saturated heterocycles. The Kier molecular flexibility index (Phi) is 3.81. The number of hydrogen-bond donors (Lipinski definition) is 1. The summed E-state index contributed by atoms with van der Waals surface area (Å²) in [6, 6.07) is 6.05. The van der Waals surface area contributed by atoms with E-state index in [1.807, 2.05) is 19.1 Å². The van der Waals surface area contributed by atoms with Gasteiger partial charge in [0, 0.05) is 5.41 Å². The molecule has 0 spiro atoms. The lowest BCUT2D eigenvalue weighted by atomic mass is 9.55. The van der Waals surface area contributed by atoms with Crippen LogP contribution in [0.1, 0.15) is 45.7 Å². The average molecular weight is 290 g/mol. The van der Waals surface area contributed by atoms with E-state index < -0.39 is 17.0 Å². The number of rotatable bonds is 3. The van der Waals surface area contributed by atoms with Crippen LogP contribution in [0.3, 0.4) is 0 Å². The van der Waals surface area contributed by atoms with Gasteiger partial charge in [0.05, 0.1) is 0 Å². The van der Waals surface area contributed by atoms with Crippen molar-refractivity contribution in [3.05, 3.63) is 29.3 Å². The predicted molar refractivity (Wildman–Crippen MR) is 83.7 cm³/mol. The first-order valence-corrected chi connectivity index (χ1v) is 7.67. The summed E-state index contributed by atoms with van der Waals surface area (Å²) in [6.07, 6.45) is 0.738. The second-order valence-electron chi connectivity index (χ2n) is 7.03. The van der Waals surface area contributed by atoms with Gasteiger partial charge >= 0.3 is 5.97 Å². The van der Waals surface area contributed by atoms with Gasteiger partial charge in [-0.1, -0.05) is 45.9 Å². The van der Waals surface area contributed by atoms with Crippen LogP contribution in [0.5, 0.6) is 5.75 Å². The number of fused-ring (bicyclic) bond motifs is 1. The highest BCUT2D eigenvalue weighted by molar-refractivity contribution is 5.80. The van der Waals surface area contributed by atoms with Gasteiger partial charge in [-0.3, -0.25) is 0 Å². The molecule has 1 aromatic carbocycles. The van der Waals surface area contributed by atoms with Crippen LogP contribution in [0.4, 0.5) is 0 Å². The van der Waals surface area contributed by atoms with Gasteiger partial charge in [0.25, 0.3) is 0 Å². The van der Waals surface area contributed by atoms with E-state index in [0.29, 0.717) is 0 Å². The lowest BCUT2D eigenvalue weighted by Crippen LogP contribution is -2.64. The number of aliphatic carboxylic acids is 1. The second-order valence-corrected chi connectivity index (χ2v) is 7.03. The van der Waals surface area contributed by atoms with E-state index in [9.17, 15) is 9.90 Å². The van der Waals surface area contributed by atoms with E-state index in [-0.39, 0.29) is 11.8 Å². The van der Waals surface area contributed by atoms with Crippen molar-refractivity contribution in [2.45, 2.75) is 53.6 Å². The van der Waals surface area contributed by atoms with Crippen molar-refractivity contribution in [1.29, 1.82) is 0 Å². The van der Waals surface area contributed by atoms with Crippen molar-refractivity contribution in [2.75, 3.05) is 0 Å². The Bertz CT molecular complexity index is 552. The molecule has 1 aromatic rings. The van der Waals surface area contributed by atoms with Crippen molar-refractivity contribution in [1.82, 2.24) is 0 Å². The van der Waals surface area contributed by atoms with E-state index in [2.05, 4.69) is 33.8 Å². The van der Waals surface area contributed by atoms with Gasteiger partial charge < -0.3 is 9.84 Å². The van der Waals surface area contributed by atoms with Gasteiger partial charge in [-0.05, 0) is 43.2 Å². The minimum absolute atomic E-state index is 0.201. The third-order valence-electron chi connectivity index (χ3n) is 5.44. The molecule has 1 N–H and O–H groups in total. The molecular formula is C18H26O3. The summed E-state index contributed by atoms with van der Waals surface area (Å²) in [7, 11) is 0. The fraction of sp³-hybridized carbons (Fsp3) is 0.611. The molecule has 1 aliphatic rings. The Balaban J connectivity index is 2.72. The lowest BCUT2D eigenvalue weighted by molar-refractivity contribution is -0.182. The first kappa shape index (κ1) is 15.9. The maximum atomic E-state index is 12.1. The molecule has 0 saturated carbocycles.